The van der Waals surface area contributed by atoms with Crippen LogP contribution in [0.1, 0.15) is 47.6 Å². The molecule has 2 aromatic rings. The average molecular weight is 337 g/mol. The number of benzene rings is 2. The van der Waals surface area contributed by atoms with Crippen LogP contribution in [0.2, 0.25) is 0 Å². The van der Waals surface area contributed by atoms with Crippen molar-refractivity contribution in [1.29, 1.82) is 0 Å². The Hall–Kier alpha value is -2.62. The van der Waals surface area contributed by atoms with Gasteiger partial charge in [-0.1, -0.05) is 42.5 Å². The molecule has 25 heavy (non-hydrogen) atoms. The molecule has 1 amide bonds. The van der Waals surface area contributed by atoms with Gasteiger partial charge in [-0.25, -0.2) is 0 Å². The van der Waals surface area contributed by atoms with E-state index in [1.807, 2.05) is 42.5 Å². The molecular weight excluding hydrogens is 314 g/mol. The summed E-state index contributed by atoms with van der Waals surface area (Å²) in [6.07, 6.45) is 2.70. The minimum Gasteiger partial charge on any atom is -0.497 e. The van der Waals surface area contributed by atoms with Gasteiger partial charge in [-0.05, 0) is 36.5 Å². The zero-order chi connectivity index (χ0) is 17.6. The van der Waals surface area contributed by atoms with E-state index < -0.39 is 0 Å². The van der Waals surface area contributed by atoms with Gasteiger partial charge in [0.15, 0.2) is 5.78 Å². The molecule has 0 bridgehead atoms. The lowest BCUT2D eigenvalue weighted by atomic mass is 10.0. The number of rotatable bonds is 8. The number of ketones is 1. The zero-order valence-electron chi connectivity index (χ0n) is 14.4. The minimum atomic E-state index is -0.0722. The molecule has 1 atom stereocenters. The summed E-state index contributed by atoms with van der Waals surface area (Å²) in [6, 6.07) is 16.9. The number of carbonyl (C=O) groups excluding carboxylic acids is 2. The predicted octanol–water partition coefficient (Wildman–Crippen LogP) is 3.93. The van der Waals surface area contributed by atoms with Crippen molar-refractivity contribution in [3.63, 3.8) is 0 Å². The van der Waals surface area contributed by atoms with Crippen LogP contribution in [-0.4, -0.2) is 18.8 Å². The fourth-order valence-electron chi connectivity index (χ4n) is 2.96. The first kappa shape index (κ1) is 17.2. The van der Waals surface area contributed by atoms with Crippen LogP contribution in [0.25, 0.3) is 0 Å². The Morgan fingerprint density at radius 2 is 1.72 bits per heavy atom. The lowest BCUT2D eigenvalue weighted by Crippen LogP contribution is -2.30. The summed E-state index contributed by atoms with van der Waals surface area (Å²) < 4.78 is 5.19. The number of nitrogens with one attached hydrogen (secondary N) is 1. The van der Waals surface area contributed by atoms with E-state index in [9.17, 15) is 9.59 Å². The molecule has 0 aromatic heterocycles. The first-order valence-electron chi connectivity index (χ1n) is 8.69. The van der Waals surface area contributed by atoms with Crippen molar-refractivity contribution >= 4 is 11.7 Å². The van der Waals surface area contributed by atoms with Crippen molar-refractivity contribution in [2.75, 3.05) is 7.11 Å². The molecule has 1 saturated carbocycles. The highest BCUT2D eigenvalue weighted by Gasteiger charge is 2.33. The van der Waals surface area contributed by atoms with E-state index >= 15 is 0 Å². The summed E-state index contributed by atoms with van der Waals surface area (Å²) >= 11 is 0. The van der Waals surface area contributed by atoms with E-state index in [0.717, 1.165) is 24.2 Å². The zero-order valence-corrected chi connectivity index (χ0v) is 14.4. The Bertz CT molecular complexity index is 721. The van der Waals surface area contributed by atoms with Gasteiger partial charge in [0.05, 0.1) is 13.2 Å². The quantitative estimate of drug-likeness (QED) is 0.743. The number of hydrogen-bond donors (Lipinski definition) is 1. The topological polar surface area (TPSA) is 55.4 Å². The van der Waals surface area contributed by atoms with E-state index in [0.29, 0.717) is 11.5 Å². The molecule has 0 spiro atoms. The van der Waals surface area contributed by atoms with E-state index in [4.69, 9.17) is 4.74 Å². The van der Waals surface area contributed by atoms with Gasteiger partial charge in [0.1, 0.15) is 5.75 Å². The number of methoxy groups -OCH3 is 1. The van der Waals surface area contributed by atoms with Crippen LogP contribution in [0, 0.1) is 5.92 Å². The molecule has 2 aromatic carbocycles. The average Bonchev–Trinajstić information content (AvgIpc) is 3.50. The van der Waals surface area contributed by atoms with Crippen molar-refractivity contribution in [1.82, 2.24) is 5.32 Å². The Kier molecular flexibility index (Phi) is 5.49. The second-order valence-electron chi connectivity index (χ2n) is 6.44. The summed E-state index contributed by atoms with van der Waals surface area (Å²) in [7, 11) is 1.64. The summed E-state index contributed by atoms with van der Waals surface area (Å²) in [5.41, 5.74) is 1.75. The molecule has 1 aliphatic rings. The highest BCUT2D eigenvalue weighted by molar-refractivity contribution is 5.97. The van der Waals surface area contributed by atoms with Gasteiger partial charge in [0.2, 0.25) is 5.91 Å². The summed E-state index contributed by atoms with van der Waals surface area (Å²) in [5.74, 6) is 1.22. The van der Waals surface area contributed by atoms with Gasteiger partial charge in [-0.15, -0.1) is 0 Å². The van der Waals surface area contributed by atoms with Crippen molar-refractivity contribution in [2.45, 2.75) is 31.7 Å². The lowest BCUT2D eigenvalue weighted by Gasteiger charge is -2.19. The first-order chi connectivity index (χ1) is 12.2. The SMILES string of the molecule is COc1ccc(C(NC(=O)CCC(=O)c2ccccc2)C2CC2)cc1. The van der Waals surface area contributed by atoms with Crippen LogP contribution in [0.5, 0.6) is 5.75 Å². The molecule has 0 saturated heterocycles. The van der Waals surface area contributed by atoms with E-state index in [-0.39, 0.29) is 30.6 Å². The van der Waals surface area contributed by atoms with Gasteiger partial charge in [-0.3, -0.25) is 9.59 Å². The van der Waals surface area contributed by atoms with Gasteiger partial charge >= 0.3 is 0 Å². The fraction of sp³-hybridized carbons (Fsp3) is 0.333. The second kappa shape index (κ2) is 7.97. The molecule has 0 aliphatic heterocycles. The Balaban J connectivity index is 1.56. The number of hydrogen-bond acceptors (Lipinski definition) is 3. The molecule has 3 rings (SSSR count). The van der Waals surface area contributed by atoms with Gasteiger partial charge in [0.25, 0.3) is 0 Å². The van der Waals surface area contributed by atoms with Crippen molar-refractivity contribution in [3.05, 3.63) is 65.7 Å². The van der Waals surface area contributed by atoms with Crippen LogP contribution in [0.15, 0.2) is 54.6 Å². The maximum absolute atomic E-state index is 12.3. The molecule has 0 heterocycles. The largest absolute Gasteiger partial charge is 0.497 e. The number of carbonyl (C=O) groups is 2. The molecule has 0 radical (unpaired) electrons. The molecule has 1 aliphatic carbocycles. The number of amides is 1. The first-order valence-corrected chi connectivity index (χ1v) is 8.69. The second-order valence-corrected chi connectivity index (χ2v) is 6.44. The smallest absolute Gasteiger partial charge is 0.220 e. The maximum Gasteiger partial charge on any atom is 0.220 e. The van der Waals surface area contributed by atoms with E-state index in [1.54, 1.807) is 19.2 Å². The normalized spacial score (nSPS) is 14.6. The van der Waals surface area contributed by atoms with Crippen molar-refractivity contribution < 1.29 is 14.3 Å². The van der Waals surface area contributed by atoms with Crippen LogP contribution >= 0.6 is 0 Å². The molecule has 130 valence electrons. The molecule has 1 N–H and O–H groups in total. The Morgan fingerprint density at radius 3 is 2.32 bits per heavy atom. The van der Waals surface area contributed by atoms with E-state index in [2.05, 4.69) is 5.32 Å². The van der Waals surface area contributed by atoms with Gasteiger partial charge in [-0.2, -0.15) is 0 Å². The summed E-state index contributed by atoms with van der Waals surface area (Å²) in [4.78, 5) is 24.5. The molecule has 1 unspecified atom stereocenters. The Morgan fingerprint density at radius 1 is 1.04 bits per heavy atom. The Labute approximate surface area is 148 Å². The lowest BCUT2D eigenvalue weighted by molar-refractivity contribution is -0.122. The minimum absolute atomic E-state index is 0.00293. The van der Waals surface area contributed by atoms with Crippen molar-refractivity contribution in [2.24, 2.45) is 5.92 Å². The molecule has 4 nitrogen and oxygen atoms in total. The highest BCUT2D eigenvalue weighted by atomic mass is 16.5. The van der Waals surface area contributed by atoms with Crippen LogP contribution in [0.3, 0.4) is 0 Å². The number of ether oxygens (including phenoxy) is 1. The number of Topliss-reactive ketones (excluding diaryl/α,β-unsaturated/α-hetero) is 1. The van der Waals surface area contributed by atoms with Gasteiger partial charge < -0.3 is 10.1 Å². The summed E-state index contributed by atoms with van der Waals surface area (Å²) in [5, 5.41) is 3.11. The fourth-order valence-corrected chi connectivity index (χ4v) is 2.96. The maximum atomic E-state index is 12.3. The standard InChI is InChI=1S/C21H23NO3/c1-25-18-11-9-17(10-12-18)21(16-7-8-16)22-20(24)14-13-19(23)15-5-3-2-4-6-15/h2-6,9-12,16,21H,7-8,13-14H2,1H3,(H,22,24). The third kappa shape index (κ3) is 4.69. The van der Waals surface area contributed by atoms with Crippen molar-refractivity contribution in [3.8, 4) is 5.75 Å². The van der Waals surface area contributed by atoms with Crippen LogP contribution < -0.4 is 10.1 Å². The molecule has 1 fully saturated rings. The third-order valence-electron chi connectivity index (χ3n) is 4.56. The highest BCUT2D eigenvalue weighted by Crippen LogP contribution is 2.41. The third-order valence-corrected chi connectivity index (χ3v) is 4.56. The molecular formula is C21H23NO3. The van der Waals surface area contributed by atoms with Crippen LogP contribution in [0.4, 0.5) is 0 Å². The monoisotopic (exact) mass is 337 g/mol. The van der Waals surface area contributed by atoms with Crippen LogP contribution in [-0.2, 0) is 4.79 Å². The van der Waals surface area contributed by atoms with Gasteiger partial charge in [0, 0.05) is 18.4 Å². The predicted molar refractivity (Wildman–Crippen MR) is 96.6 cm³/mol. The van der Waals surface area contributed by atoms with E-state index in [1.165, 1.54) is 0 Å². The summed E-state index contributed by atoms with van der Waals surface area (Å²) in [6.45, 7) is 0. The molecule has 4 heteroatoms.